The molecule has 2 aliphatic rings. The maximum atomic E-state index is 12.7. The van der Waals surface area contributed by atoms with Crippen LogP contribution in [-0.4, -0.2) is 60.2 Å². The zero-order valence-corrected chi connectivity index (χ0v) is 19.7. The number of amides is 3. The molecule has 2 N–H and O–H groups in total. The lowest BCUT2D eigenvalue weighted by atomic mass is 10.1. The van der Waals surface area contributed by atoms with Gasteiger partial charge in [0.15, 0.2) is 0 Å². The van der Waals surface area contributed by atoms with Crippen molar-refractivity contribution in [1.82, 2.24) is 9.80 Å². The molecule has 0 saturated carbocycles. The van der Waals surface area contributed by atoms with Gasteiger partial charge in [-0.2, -0.15) is 0 Å². The number of hydrogen-bond donors (Lipinski definition) is 2. The Labute approximate surface area is 201 Å². The monoisotopic (exact) mass is 462 g/mol. The van der Waals surface area contributed by atoms with E-state index < -0.39 is 0 Å². The van der Waals surface area contributed by atoms with Crippen LogP contribution in [0.4, 0.5) is 11.4 Å². The average Bonchev–Trinajstić information content (AvgIpc) is 3.17. The normalized spacial score (nSPS) is 16.5. The number of nitrogens with zero attached hydrogens (tertiary/aromatic N) is 2. The molecule has 0 aliphatic carbocycles. The molecule has 4 rings (SSSR count). The van der Waals surface area contributed by atoms with Crippen LogP contribution in [-0.2, 0) is 4.79 Å². The van der Waals surface area contributed by atoms with Crippen molar-refractivity contribution in [2.75, 3.05) is 43.4 Å². The molecule has 0 unspecified atom stereocenters. The van der Waals surface area contributed by atoms with Gasteiger partial charge in [0.05, 0.1) is 6.54 Å². The summed E-state index contributed by atoms with van der Waals surface area (Å²) in [5.41, 5.74) is 2.65. The Balaban J connectivity index is 1.27. The van der Waals surface area contributed by atoms with E-state index in [-0.39, 0.29) is 24.3 Å². The highest BCUT2D eigenvalue weighted by Crippen LogP contribution is 2.18. The molecule has 0 bridgehead atoms. The van der Waals surface area contributed by atoms with Gasteiger partial charge in [0.2, 0.25) is 5.91 Å². The number of piperidine rings is 1. The molecule has 2 aromatic rings. The van der Waals surface area contributed by atoms with Crippen LogP contribution in [0.1, 0.15) is 65.7 Å². The van der Waals surface area contributed by atoms with Gasteiger partial charge in [-0.1, -0.05) is 18.9 Å². The summed E-state index contributed by atoms with van der Waals surface area (Å²) in [6.07, 6.45) is 7.76. The molecule has 0 aromatic heterocycles. The molecule has 2 saturated heterocycles. The fourth-order valence-electron chi connectivity index (χ4n) is 4.58. The Hall–Kier alpha value is -3.35. The first-order valence-corrected chi connectivity index (χ1v) is 12.4. The van der Waals surface area contributed by atoms with Gasteiger partial charge >= 0.3 is 0 Å². The lowest BCUT2D eigenvalue weighted by Crippen LogP contribution is -2.35. The van der Waals surface area contributed by atoms with Gasteiger partial charge in [0.25, 0.3) is 11.8 Å². The van der Waals surface area contributed by atoms with Gasteiger partial charge in [-0.15, -0.1) is 0 Å². The minimum absolute atomic E-state index is 0.0173. The zero-order chi connectivity index (χ0) is 23.8. The van der Waals surface area contributed by atoms with Gasteiger partial charge < -0.3 is 20.4 Å². The summed E-state index contributed by atoms with van der Waals surface area (Å²) in [6.45, 7) is 3.32. The molecule has 0 atom stereocenters. The SMILES string of the molecule is O=C(CNc1ccc(C(=O)N2CCCCCC2)cc1)Nc1cccc(C(=O)N2CCCCC2)c1. The second kappa shape index (κ2) is 11.7. The first kappa shape index (κ1) is 23.8. The van der Waals surface area contributed by atoms with E-state index in [4.69, 9.17) is 0 Å². The maximum Gasteiger partial charge on any atom is 0.253 e. The predicted octanol–water partition coefficient (Wildman–Crippen LogP) is 4.38. The van der Waals surface area contributed by atoms with E-state index in [9.17, 15) is 14.4 Å². The minimum Gasteiger partial charge on any atom is -0.376 e. The molecule has 2 heterocycles. The Morgan fingerprint density at radius 1 is 0.647 bits per heavy atom. The summed E-state index contributed by atoms with van der Waals surface area (Å²) in [4.78, 5) is 41.7. The van der Waals surface area contributed by atoms with Gasteiger partial charge in [-0.05, 0) is 74.6 Å². The lowest BCUT2D eigenvalue weighted by Gasteiger charge is -2.26. The summed E-state index contributed by atoms with van der Waals surface area (Å²) >= 11 is 0. The molecule has 7 nitrogen and oxygen atoms in total. The first-order valence-electron chi connectivity index (χ1n) is 12.4. The van der Waals surface area contributed by atoms with E-state index in [1.165, 1.54) is 19.3 Å². The Morgan fingerprint density at radius 2 is 1.21 bits per heavy atom. The Morgan fingerprint density at radius 3 is 1.82 bits per heavy atom. The van der Waals surface area contributed by atoms with Gasteiger partial charge in [0, 0.05) is 48.7 Å². The summed E-state index contributed by atoms with van der Waals surface area (Å²) < 4.78 is 0. The van der Waals surface area contributed by atoms with Crippen molar-refractivity contribution < 1.29 is 14.4 Å². The highest BCUT2D eigenvalue weighted by atomic mass is 16.2. The van der Waals surface area contributed by atoms with Crippen molar-refractivity contribution in [2.45, 2.75) is 44.9 Å². The highest BCUT2D eigenvalue weighted by molar-refractivity contribution is 5.98. The fourth-order valence-corrected chi connectivity index (χ4v) is 4.58. The van der Waals surface area contributed by atoms with Crippen molar-refractivity contribution in [2.24, 2.45) is 0 Å². The molecule has 3 amide bonds. The molecule has 34 heavy (non-hydrogen) atoms. The quantitative estimate of drug-likeness (QED) is 0.668. The lowest BCUT2D eigenvalue weighted by molar-refractivity contribution is -0.114. The van der Waals surface area contributed by atoms with Crippen molar-refractivity contribution in [3.63, 3.8) is 0 Å². The van der Waals surface area contributed by atoms with Crippen LogP contribution in [0.2, 0.25) is 0 Å². The summed E-state index contributed by atoms with van der Waals surface area (Å²) in [6, 6.07) is 14.4. The van der Waals surface area contributed by atoms with Crippen molar-refractivity contribution in [1.29, 1.82) is 0 Å². The average molecular weight is 463 g/mol. The zero-order valence-electron chi connectivity index (χ0n) is 19.7. The molecular weight excluding hydrogens is 428 g/mol. The Bertz CT molecular complexity index is 991. The smallest absolute Gasteiger partial charge is 0.253 e. The van der Waals surface area contributed by atoms with Gasteiger partial charge in [0.1, 0.15) is 0 Å². The van der Waals surface area contributed by atoms with Crippen molar-refractivity contribution in [3.05, 3.63) is 59.7 Å². The fraction of sp³-hybridized carbons (Fsp3) is 0.444. The molecule has 7 heteroatoms. The van der Waals surface area contributed by atoms with Crippen LogP contribution in [0, 0.1) is 0 Å². The van der Waals surface area contributed by atoms with Crippen LogP contribution in [0.25, 0.3) is 0 Å². The van der Waals surface area contributed by atoms with E-state index >= 15 is 0 Å². The second-order valence-corrected chi connectivity index (χ2v) is 9.12. The third kappa shape index (κ3) is 6.37. The van der Waals surface area contributed by atoms with Gasteiger partial charge in [-0.25, -0.2) is 0 Å². The first-order chi connectivity index (χ1) is 16.6. The number of hydrogen-bond acceptors (Lipinski definition) is 4. The minimum atomic E-state index is -0.202. The molecule has 180 valence electrons. The van der Waals surface area contributed by atoms with Gasteiger partial charge in [-0.3, -0.25) is 14.4 Å². The third-order valence-corrected chi connectivity index (χ3v) is 6.51. The molecule has 0 spiro atoms. The summed E-state index contributed by atoms with van der Waals surface area (Å²) in [7, 11) is 0. The summed E-state index contributed by atoms with van der Waals surface area (Å²) in [5, 5.41) is 5.95. The molecule has 0 radical (unpaired) electrons. The third-order valence-electron chi connectivity index (χ3n) is 6.51. The van der Waals surface area contributed by atoms with Crippen LogP contribution >= 0.6 is 0 Å². The number of nitrogens with one attached hydrogen (secondary N) is 2. The molecule has 2 fully saturated rings. The predicted molar refractivity (Wildman–Crippen MR) is 134 cm³/mol. The largest absolute Gasteiger partial charge is 0.376 e. The highest BCUT2D eigenvalue weighted by Gasteiger charge is 2.19. The van der Waals surface area contributed by atoms with Crippen molar-refractivity contribution in [3.8, 4) is 0 Å². The van der Waals surface area contributed by atoms with Crippen LogP contribution in [0.5, 0.6) is 0 Å². The second-order valence-electron chi connectivity index (χ2n) is 9.12. The topological polar surface area (TPSA) is 81.8 Å². The standard InChI is InChI=1S/C27H34N4O3/c32-25(29-24-10-8-9-22(19-24)27(34)31-17-6-3-7-18-31)20-28-23-13-11-21(12-14-23)26(33)30-15-4-1-2-5-16-30/h8-14,19,28H,1-7,15-18,20H2,(H,29,32). The molecule has 2 aliphatic heterocycles. The van der Waals surface area contributed by atoms with Crippen LogP contribution in [0.15, 0.2) is 48.5 Å². The van der Waals surface area contributed by atoms with Crippen LogP contribution in [0.3, 0.4) is 0 Å². The van der Waals surface area contributed by atoms with Crippen molar-refractivity contribution >= 4 is 29.1 Å². The number of carbonyl (C=O) groups excluding carboxylic acids is 3. The number of carbonyl (C=O) groups is 3. The number of likely N-dealkylation sites (tertiary alicyclic amines) is 2. The van der Waals surface area contributed by atoms with E-state index in [1.54, 1.807) is 24.3 Å². The number of anilines is 2. The maximum absolute atomic E-state index is 12.7. The number of rotatable bonds is 6. The van der Waals surface area contributed by atoms with Crippen LogP contribution < -0.4 is 10.6 Å². The Kier molecular flexibility index (Phi) is 8.17. The number of benzene rings is 2. The van der Waals surface area contributed by atoms with E-state index in [2.05, 4.69) is 10.6 Å². The van der Waals surface area contributed by atoms with E-state index in [0.29, 0.717) is 16.8 Å². The molecule has 2 aromatic carbocycles. The van der Waals surface area contributed by atoms with E-state index in [0.717, 1.165) is 57.5 Å². The summed E-state index contributed by atoms with van der Waals surface area (Å²) in [5.74, 6) is -0.110. The van der Waals surface area contributed by atoms with E-state index in [1.807, 2.05) is 34.1 Å². The molecular formula is C27H34N4O3.